The molecular weight excluding hydrogens is 397 g/mol. The van der Waals surface area contributed by atoms with Crippen molar-refractivity contribution in [3.8, 4) is 5.75 Å². The number of methoxy groups -OCH3 is 1. The molecule has 1 amide bonds. The number of fused-ring (bicyclic) bond motifs is 1. The number of halogens is 1. The number of aromatic nitrogens is 1. The van der Waals surface area contributed by atoms with Crippen molar-refractivity contribution < 1.29 is 13.9 Å². The van der Waals surface area contributed by atoms with E-state index in [-0.39, 0.29) is 11.7 Å². The highest BCUT2D eigenvalue weighted by atomic mass is 32.1. The van der Waals surface area contributed by atoms with Crippen molar-refractivity contribution in [1.29, 1.82) is 0 Å². The van der Waals surface area contributed by atoms with Gasteiger partial charge in [0.05, 0.1) is 23.5 Å². The van der Waals surface area contributed by atoms with Crippen LogP contribution in [0.5, 0.6) is 5.75 Å². The van der Waals surface area contributed by atoms with Crippen LogP contribution in [0, 0.1) is 5.82 Å². The van der Waals surface area contributed by atoms with E-state index in [0.717, 1.165) is 4.88 Å². The first kappa shape index (κ1) is 18.3. The lowest BCUT2D eigenvalue weighted by Crippen LogP contribution is -2.25. The fourth-order valence-electron chi connectivity index (χ4n) is 2.52. The molecule has 0 radical (unpaired) electrons. The Balaban J connectivity index is 1.76. The first-order valence-corrected chi connectivity index (χ1v) is 9.96. The van der Waals surface area contributed by atoms with Gasteiger partial charge in [-0.1, -0.05) is 23.5 Å². The maximum Gasteiger partial charge on any atom is 0.280 e. The van der Waals surface area contributed by atoms with Crippen LogP contribution >= 0.6 is 22.7 Å². The van der Waals surface area contributed by atoms with Crippen LogP contribution in [-0.2, 0) is 0 Å². The minimum atomic E-state index is -0.355. The van der Waals surface area contributed by atoms with Crippen LogP contribution in [0.25, 0.3) is 10.2 Å². The summed E-state index contributed by atoms with van der Waals surface area (Å²) in [4.78, 5) is 18.5. The van der Waals surface area contributed by atoms with E-state index in [2.05, 4.69) is 10.1 Å². The molecule has 5 nitrogen and oxygen atoms in total. The summed E-state index contributed by atoms with van der Waals surface area (Å²) in [6.07, 6.45) is 1.61. The molecule has 2 aromatic heterocycles. The molecule has 0 N–H and O–H groups in total. The van der Waals surface area contributed by atoms with E-state index in [1.807, 2.05) is 17.5 Å². The van der Waals surface area contributed by atoms with Crippen LogP contribution in [0.4, 0.5) is 9.52 Å². The van der Waals surface area contributed by atoms with Crippen LogP contribution in [-0.4, -0.2) is 24.2 Å². The minimum Gasteiger partial charge on any atom is -0.497 e. The summed E-state index contributed by atoms with van der Waals surface area (Å²) in [6, 6.07) is 15.0. The third-order valence-electron chi connectivity index (χ3n) is 3.87. The van der Waals surface area contributed by atoms with E-state index in [0.29, 0.717) is 26.7 Å². The van der Waals surface area contributed by atoms with E-state index >= 15 is 0 Å². The quantitative estimate of drug-likeness (QED) is 0.336. The molecule has 4 rings (SSSR count). The Labute approximate surface area is 168 Å². The van der Waals surface area contributed by atoms with Crippen molar-refractivity contribution in [3.05, 3.63) is 76.2 Å². The molecule has 0 atom stereocenters. The number of carbonyl (C=O) groups excluding carboxylic acids is 1. The highest BCUT2D eigenvalue weighted by Gasteiger charge is 2.21. The number of thiophene rings is 1. The minimum absolute atomic E-state index is 0.351. The number of hydrogen-bond donors (Lipinski definition) is 0. The first-order chi connectivity index (χ1) is 13.6. The molecule has 0 spiro atoms. The molecule has 4 aromatic rings. The lowest BCUT2D eigenvalue weighted by molar-refractivity contribution is 0.0987. The lowest BCUT2D eigenvalue weighted by atomic mass is 10.2. The van der Waals surface area contributed by atoms with Crippen molar-refractivity contribution in [2.75, 3.05) is 12.1 Å². The van der Waals surface area contributed by atoms with Gasteiger partial charge in [-0.3, -0.25) is 4.79 Å². The highest BCUT2D eigenvalue weighted by Crippen LogP contribution is 2.31. The molecule has 8 heteroatoms. The monoisotopic (exact) mass is 411 g/mol. The molecule has 0 aliphatic heterocycles. The van der Waals surface area contributed by atoms with Gasteiger partial charge in [-0.05, 0) is 47.8 Å². The lowest BCUT2D eigenvalue weighted by Gasteiger charge is -2.14. The Hall–Kier alpha value is -3.10. The number of rotatable bonds is 5. The summed E-state index contributed by atoms with van der Waals surface area (Å²) >= 11 is 2.71. The van der Waals surface area contributed by atoms with Crippen LogP contribution in [0.15, 0.2) is 65.1 Å². The second-order valence-corrected chi connectivity index (χ2v) is 7.71. The fourth-order valence-corrected chi connectivity index (χ4v) is 4.05. The SMILES string of the molecule is COc1cccc(C(=O)N(/N=C\c2cccs2)c2nc3ccc(F)cc3s2)c1. The molecule has 2 aromatic carbocycles. The molecule has 0 fully saturated rings. The maximum atomic E-state index is 13.5. The molecule has 2 heterocycles. The van der Waals surface area contributed by atoms with Crippen LogP contribution < -0.4 is 9.75 Å². The van der Waals surface area contributed by atoms with Crippen molar-refractivity contribution in [2.24, 2.45) is 5.10 Å². The molecule has 0 aliphatic rings. The number of thiazole rings is 1. The summed E-state index contributed by atoms with van der Waals surface area (Å²) in [6.45, 7) is 0. The summed E-state index contributed by atoms with van der Waals surface area (Å²) in [5.41, 5.74) is 1.02. The van der Waals surface area contributed by atoms with Gasteiger partial charge in [-0.25, -0.2) is 9.37 Å². The van der Waals surface area contributed by atoms with Crippen LogP contribution in [0.2, 0.25) is 0 Å². The number of ether oxygens (including phenoxy) is 1. The average molecular weight is 411 g/mol. The summed E-state index contributed by atoms with van der Waals surface area (Å²) < 4.78 is 19.4. The topological polar surface area (TPSA) is 54.8 Å². The zero-order valence-corrected chi connectivity index (χ0v) is 16.3. The van der Waals surface area contributed by atoms with E-state index in [1.165, 1.54) is 39.8 Å². The Morgan fingerprint density at radius 3 is 2.89 bits per heavy atom. The van der Waals surface area contributed by atoms with Gasteiger partial charge in [0.25, 0.3) is 5.91 Å². The number of hydrazone groups is 1. The highest BCUT2D eigenvalue weighted by molar-refractivity contribution is 7.22. The zero-order chi connectivity index (χ0) is 19.5. The Morgan fingerprint density at radius 1 is 1.21 bits per heavy atom. The molecule has 28 heavy (non-hydrogen) atoms. The van der Waals surface area contributed by atoms with Gasteiger partial charge in [0.15, 0.2) is 0 Å². The molecule has 0 unspecified atom stereocenters. The van der Waals surface area contributed by atoms with Crippen molar-refractivity contribution >= 4 is 50.1 Å². The summed E-state index contributed by atoms with van der Waals surface area (Å²) in [7, 11) is 1.54. The molecular formula is C20H14FN3O2S2. The third-order valence-corrected chi connectivity index (χ3v) is 5.67. The number of nitrogens with zero attached hydrogens (tertiary/aromatic N) is 3. The average Bonchev–Trinajstić information content (AvgIpc) is 3.37. The van der Waals surface area contributed by atoms with Gasteiger partial charge in [0, 0.05) is 10.4 Å². The van der Waals surface area contributed by atoms with Gasteiger partial charge >= 0.3 is 0 Å². The maximum absolute atomic E-state index is 13.5. The largest absolute Gasteiger partial charge is 0.497 e. The predicted molar refractivity (Wildman–Crippen MR) is 111 cm³/mol. The van der Waals surface area contributed by atoms with Crippen LogP contribution in [0.3, 0.4) is 0 Å². The molecule has 0 saturated carbocycles. The van der Waals surface area contributed by atoms with Crippen molar-refractivity contribution in [1.82, 2.24) is 4.98 Å². The third kappa shape index (κ3) is 3.78. The smallest absolute Gasteiger partial charge is 0.280 e. The number of benzene rings is 2. The van der Waals surface area contributed by atoms with Crippen molar-refractivity contribution in [3.63, 3.8) is 0 Å². The van der Waals surface area contributed by atoms with Gasteiger partial charge < -0.3 is 4.74 Å². The number of carbonyl (C=O) groups is 1. The summed E-state index contributed by atoms with van der Waals surface area (Å²) in [5.74, 6) is -0.138. The number of anilines is 1. The Bertz CT molecular complexity index is 1160. The second kappa shape index (κ2) is 7.87. The van der Waals surface area contributed by atoms with Gasteiger partial charge in [-0.15, -0.1) is 11.3 Å². The van der Waals surface area contributed by atoms with E-state index in [4.69, 9.17) is 4.74 Å². The van der Waals surface area contributed by atoms with E-state index in [9.17, 15) is 9.18 Å². The fraction of sp³-hybridized carbons (Fsp3) is 0.0500. The van der Waals surface area contributed by atoms with E-state index in [1.54, 1.807) is 43.7 Å². The Morgan fingerprint density at radius 2 is 2.11 bits per heavy atom. The second-order valence-electron chi connectivity index (χ2n) is 5.72. The predicted octanol–water partition coefficient (Wildman–Crippen LogP) is 5.19. The molecule has 0 aliphatic carbocycles. The number of hydrogen-bond acceptors (Lipinski definition) is 6. The Kier molecular flexibility index (Phi) is 5.14. The summed E-state index contributed by atoms with van der Waals surface area (Å²) in [5, 5.41) is 7.89. The zero-order valence-electron chi connectivity index (χ0n) is 14.7. The number of amides is 1. The normalized spacial score (nSPS) is 11.2. The van der Waals surface area contributed by atoms with Gasteiger partial charge in [0.1, 0.15) is 11.6 Å². The van der Waals surface area contributed by atoms with Gasteiger partial charge in [0.2, 0.25) is 5.13 Å². The van der Waals surface area contributed by atoms with Gasteiger partial charge in [-0.2, -0.15) is 10.1 Å². The molecule has 0 bridgehead atoms. The molecule has 140 valence electrons. The standard InChI is InChI=1S/C20H14FN3O2S2/c1-26-15-5-2-4-13(10-15)19(25)24(22-12-16-6-3-9-27-16)20-23-17-8-7-14(21)11-18(17)28-20/h2-12H,1H3/b22-12-. The molecule has 0 saturated heterocycles. The van der Waals surface area contributed by atoms with E-state index < -0.39 is 0 Å². The van der Waals surface area contributed by atoms with Crippen molar-refractivity contribution in [2.45, 2.75) is 0 Å². The van der Waals surface area contributed by atoms with Crippen LogP contribution in [0.1, 0.15) is 15.2 Å². The first-order valence-electron chi connectivity index (χ1n) is 8.26.